The van der Waals surface area contributed by atoms with Crippen LogP contribution in [0.25, 0.3) is 11.1 Å². The summed E-state index contributed by atoms with van der Waals surface area (Å²) in [6.07, 6.45) is 0. The van der Waals surface area contributed by atoms with Gasteiger partial charge >= 0.3 is 0 Å². The van der Waals surface area contributed by atoms with Gasteiger partial charge in [-0.2, -0.15) is 4.31 Å². The quantitative estimate of drug-likeness (QED) is 0.673. The summed E-state index contributed by atoms with van der Waals surface area (Å²) in [5.41, 5.74) is 2.25. The second kappa shape index (κ2) is 8.46. The van der Waals surface area contributed by atoms with Crippen molar-refractivity contribution in [2.24, 2.45) is 0 Å². The molecule has 1 fully saturated rings. The lowest BCUT2D eigenvalue weighted by Gasteiger charge is -2.26. The molecule has 0 spiro atoms. The second-order valence-corrected chi connectivity index (χ2v) is 9.38. The number of nitrogens with zero attached hydrogens (tertiary/aromatic N) is 1. The highest BCUT2D eigenvalue weighted by Crippen LogP contribution is 2.29. The number of carbonyl (C=O) groups excluding carboxylic acids is 1. The summed E-state index contributed by atoms with van der Waals surface area (Å²) < 4.78 is 32.3. The molecule has 1 N–H and O–H groups in total. The summed E-state index contributed by atoms with van der Waals surface area (Å²) in [5.74, 6) is -0.264. The summed E-state index contributed by atoms with van der Waals surface area (Å²) in [7, 11) is -3.62. The first-order valence-corrected chi connectivity index (χ1v) is 11.5. The number of carbonyl (C=O) groups is 1. The molecule has 8 heteroatoms. The Morgan fingerprint density at radius 2 is 1.76 bits per heavy atom. The Morgan fingerprint density at radius 3 is 2.52 bits per heavy atom. The average molecular weight is 429 g/mol. The van der Waals surface area contributed by atoms with Gasteiger partial charge in [0.15, 0.2) is 0 Å². The first-order chi connectivity index (χ1) is 14.1. The third-order valence-electron chi connectivity index (χ3n) is 4.66. The lowest BCUT2D eigenvalue weighted by Crippen LogP contribution is -2.40. The maximum absolute atomic E-state index is 12.9. The van der Waals surface area contributed by atoms with Crippen molar-refractivity contribution >= 4 is 33.0 Å². The van der Waals surface area contributed by atoms with Crippen LogP contribution in [0.1, 0.15) is 9.67 Å². The van der Waals surface area contributed by atoms with Crippen molar-refractivity contribution in [1.82, 2.24) is 4.31 Å². The molecule has 1 aliphatic rings. The molecule has 6 nitrogen and oxygen atoms in total. The number of ether oxygens (including phenoxy) is 1. The third-order valence-corrected chi connectivity index (χ3v) is 7.46. The molecule has 4 rings (SSSR count). The zero-order valence-corrected chi connectivity index (χ0v) is 17.2. The van der Waals surface area contributed by atoms with E-state index in [-0.39, 0.29) is 10.8 Å². The van der Waals surface area contributed by atoms with Gasteiger partial charge in [-0.15, -0.1) is 11.3 Å². The highest BCUT2D eigenvalue weighted by molar-refractivity contribution is 7.89. The Hall–Kier alpha value is -2.52. The number of hydrogen-bond acceptors (Lipinski definition) is 5. The highest BCUT2D eigenvalue weighted by atomic mass is 32.2. The van der Waals surface area contributed by atoms with E-state index in [4.69, 9.17) is 4.74 Å². The molecule has 0 bridgehead atoms. The smallest absolute Gasteiger partial charge is 0.266 e. The summed E-state index contributed by atoms with van der Waals surface area (Å²) in [6.45, 7) is 1.43. The number of nitrogens with one attached hydrogen (secondary N) is 1. The van der Waals surface area contributed by atoms with Crippen molar-refractivity contribution in [2.75, 3.05) is 31.6 Å². The van der Waals surface area contributed by atoms with Gasteiger partial charge in [-0.25, -0.2) is 8.42 Å². The maximum Gasteiger partial charge on any atom is 0.266 e. The van der Waals surface area contributed by atoms with Gasteiger partial charge in [0.1, 0.15) is 0 Å². The van der Waals surface area contributed by atoms with E-state index in [0.717, 1.165) is 11.1 Å². The van der Waals surface area contributed by atoms with E-state index in [9.17, 15) is 13.2 Å². The van der Waals surface area contributed by atoms with E-state index in [0.29, 0.717) is 36.9 Å². The van der Waals surface area contributed by atoms with E-state index < -0.39 is 10.0 Å². The minimum atomic E-state index is -3.62. The molecule has 0 radical (unpaired) electrons. The number of amides is 1. The van der Waals surface area contributed by atoms with Crippen LogP contribution < -0.4 is 5.32 Å². The van der Waals surface area contributed by atoms with E-state index in [1.807, 2.05) is 41.8 Å². The van der Waals surface area contributed by atoms with Crippen LogP contribution >= 0.6 is 11.3 Å². The van der Waals surface area contributed by atoms with Gasteiger partial charge in [-0.3, -0.25) is 4.79 Å². The van der Waals surface area contributed by atoms with Crippen molar-refractivity contribution in [3.8, 4) is 11.1 Å². The molecule has 2 heterocycles. The van der Waals surface area contributed by atoms with Gasteiger partial charge in [0.2, 0.25) is 10.0 Å². The molecule has 1 saturated heterocycles. The van der Waals surface area contributed by atoms with Gasteiger partial charge < -0.3 is 10.1 Å². The monoisotopic (exact) mass is 428 g/mol. The summed E-state index contributed by atoms with van der Waals surface area (Å²) >= 11 is 1.35. The summed E-state index contributed by atoms with van der Waals surface area (Å²) in [5, 5.41) is 4.71. The van der Waals surface area contributed by atoms with E-state index >= 15 is 0 Å². The number of anilines is 1. The second-order valence-electron chi connectivity index (χ2n) is 6.53. The molecule has 3 aromatic rings. The van der Waals surface area contributed by atoms with E-state index in [1.165, 1.54) is 21.7 Å². The molecule has 0 aliphatic carbocycles. The first-order valence-electron chi connectivity index (χ1n) is 9.18. The number of benzene rings is 2. The van der Waals surface area contributed by atoms with Gasteiger partial charge in [-0.05, 0) is 35.2 Å². The number of thiophene rings is 1. The van der Waals surface area contributed by atoms with Crippen LogP contribution in [-0.4, -0.2) is 44.9 Å². The van der Waals surface area contributed by atoms with Crippen molar-refractivity contribution < 1.29 is 17.9 Å². The topological polar surface area (TPSA) is 75.7 Å². The van der Waals surface area contributed by atoms with Crippen LogP contribution in [-0.2, 0) is 14.8 Å². The first kappa shape index (κ1) is 19.8. The van der Waals surface area contributed by atoms with Crippen molar-refractivity contribution in [3.05, 3.63) is 70.9 Å². The number of morpholine rings is 1. The lowest BCUT2D eigenvalue weighted by atomic mass is 10.1. The van der Waals surface area contributed by atoms with Gasteiger partial charge in [-0.1, -0.05) is 36.4 Å². The van der Waals surface area contributed by atoms with Crippen molar-refractivity contribution in [3.63, 3.8) is 0 Å². The Morgan fingerprint density at radius 1 is 1.00 bits per heavy atom. The molecular formula is C21H20N2O4S2. The predicted octanol–water partition coefficient (Wildman–Crippen LogP) is 3.69. The SMILES string of the molecule is O=C(Nc1cccc(S(=O)(=O)N2CCOCC2)c1)c1sccc1-c1ccccc1. The maximum atomic E-state index is 12.9. The average Bonchev–Trinajstić information content (AvgIpc) is 3.25. The molecular weight excluding hydrogens is 408 g/mol. The number of hydrogen-bond donors (Lipinski definition) is 1. The van der Waals surface area contributed by atoms with Crippen molar-refractivity contribution in [1.29, 1.82) is 0 Å². The highest BCUT2D eigenvalue weighted by Gasteiger charge is 2.26. The Kier molecular flexibility index (Phi) is 5.77. The van der Waals surface area contributed by atoms with Crippen molar-refractivity contribution in [2.45, 2.75) is 4.90 Å². The van der Waals surface area contributed by atoms with Crippen LogP contribution in [0.3, 0.4) is 0 Å². The third kappa shape index (κ3) is 4.25. The van der Waals surface area contributed by atoms with Gasteiger partial charge in [0.05, 0.1) is 23.0 Å². The fourth-order valence-corrected chi connectivity index (χ4v) is 5.45. The summed E-state index contributed by atoms with van der Waals surface area (Å²) in [6, 6.07) is 18.0. The summed E-state index contributed by atoms with van der Waals surface area (Å²) in [4.78, 5) is 13.6. The minimum Gasteiger partial charge on any atom is -0.379 e. The number of sulfonamides is 1. The molecule has 1 aliphatic heterocycles. The zero-order chi connectivity index (χ0) is 20.3. The van der Waals surface area contributed by atoms with E-state index in [1.54, 1.807) is 18.2 Å². The molecule has 0 unspecified atom stereocenters. The molecule has 29 heavy (non-hydrogen) atoms. The van der Waals surface area contributed by atoms with Crippen LogP contribution in [0, 0.1) is 0 Å². The molecule has 0 atom stereocenters. The fraction of sp³-hybridized carbons (Fsp3) is 0.190. The normalized spacial score (nSPS) is 15.2. The van der Waals surface area contributed by atoms with Gasteiger partial charge in [0.25, 0.3) is 5.91 Å². The molecule has 1 aromatic heterocycles. The van der Waals surface area contributed by atoms with Crippen LogP contribution in [0.15, 0.2) is 70.9 Å². The fourth-order valence-electron chi connectivity index (χ4n) is 3.19. The Labute approximate surface area is 173 Å². The predicted molar refractivity (Wildman–Crippen MR) is 114 cm³/mol. The zero-order valence-electron chi connectivity index (χ0n) is 15.6. The molecule has 150 valence electrons. The lowest BCUT2D eigenvalue weighted by molar-refractivity contribution is 0.0730. The Balaban J connectivity index is 1.56. The molecule has 0 saturated carbocycles. The van der Waals surface area contributed by atoms with Gasteiger partial charge in [0, 0.05) is 24.3 Å². The molecule has 2 aromatic carbocycles. The largest absolute Gasteiger partial charge is 0.379 e. The molecule has 1 amide bonds. The minimum absolute atomic E-state index is 0.159. The Bertz CT molecular complexity index is 1100. The standard InChI is InChI=1S/C21H20N2O4S2/c24-21(20-19(9-14-28-20)16-5-2-1-3-6-16)22-17-7-4-8-18(15-17)29(25,26)23-10-12-27-13-11-23/h1-9,14-15H,10-13H2,(H,22,24). The van der Waals surface area contributed by atoms with Crippen LogP contribution in [0.4, 0.5) is 5.69 Å². The van der Waals surface area contributed by atoms with Crippen LogP contribution in [0.5, 0.6) is 0 Å². The van der Waals surface area contributed by atoms with Crippen LogP contribution in [0.2, 0.25) is 0 Å². The van der Waals surface area contributed by atoms with E-state index in [2.05, 4.69) is 5.32 Å². The number of rotatable bonds is 5.